The van der Waals surface area contributed by atoms with Crippen LogP contribution in [-0.4, -0.2) is 58.9 Å². The third-order valence-electron chi connectivity index (χ3n) is 3.70. The van der Waals surface area contributed by atoms with Crippen molar-refractivity contribution in [3.05, 3.63) is 12.2 Å². The van der Waals surface area contributed by atoms with Gasteiger partial charge in [-0.05, 0) is 6.92 Å². The van der Waals surface area contributed by atoms with Crippen LogP contribution in [0.2, 0.25) is 0 Å². The fourth-order valence-electron chi connectivity index (χ4n) is 2.24. The van der Waals surface area contributed by atoms with Crippen LogP contribution < -0.4 is 0 Å². The van der Waals surface area contributed by atoms with Crippen LogP contribution in [0.25, 0.3) is 0 Å². The quantitative estimate of drug-likeness (QED) is 0.385. The molecule has 3 atom stereocenters. The van der Waals surface area contributed by atoms with E-state index in [2.05, 4.69) is 9.47 Å². The van der Waals surface area contributed by atoms with Gasteiger partial charge in [0.15, 0.2) is 0 Å². The summed E-state index contributed by atoms with van der Waals surface area (Å²) in [5.74, 6) is -22.3. The minimum atomic E-state index is -7.36. The Bertz CT molecular complexity index is 687. The van der Waals surface area contributed by atoms with Crippen LogP contribution in [0.4, 0.5) is 57.1 Å². The molecule has 0 bridgehead atoms. The van der Waals surface area contributed by atoms with Gasteiger partial charge >= 0.3 is 41.9 Å². The molecule has 1 N–H and O–H groups in total. The third-order valence-corrected chi connectivity index (χ3v) is 3.70. The lowest BCUT2D eigenvalue weighted by Gasteiger charge is -2.55. The minimum Gasteiger partial charge on any atom is -0.432 e. The monoisotopic (exact) mass is 462 g/mol. The molecular weight excluding hydrogens is 455 g/mol. The van der Waals surface area contributed by atoms with Gasteiger partial charge in [0.2, 0.25) is 11.9 Å². The maximum Gasteiger partial charge on any atom is 0.441 e. The van der Waals surface area contributed by atoms with Crippen LogP contribution in [0.15, 0.2) is 12.2 Å². The van der Waals surface area contributed by atoms with Gasteiger partial charge in [-0.3, -0.25) is 0 Å². The number of alkyl halides is 13. The van der Waals surface area contributed by atoms with Crippen molar-refractivity contribution >= 4 is 5.97 Å². The number of halogens is 13. The molecule has 1 fully saturated rings. The maximum atomic E-state index is 14.2. The van der Waals surface area contributed by atoms with Crippen molar-refractivity contribution in [2.45, 2.75) is 54.8 Å². The molecule has 0 amide bonds. The average Bonchev–Trinajstić information content (AvgIpc) is 2.43. The normalized spacial score (nSPS) is 32.6. The molecule has 1 aliphatic rings. The van der Waals surface area contributed by atoms with Gasteiger partial charge in [-0.15, -0.1) is 0 Å². The first-order valence-electron chi connectivity index (χ1n) is 6.66. The molecule has 1 rings (SSSR count). The molecule has 0 aromatic carbocycles. The second kappa shape index (κ2) is 6.36. The highest BCUT2D eigenvalue weighted by Gasteiger charge is 2.95. The summed E-state index contributed by atoms with van der Waals surface area (Å²) in [6.07, 6.45) is -25.1. The molecule has 17 heteroatoms. The molecule has 0 aromatic rings. The van der Waals surface area contributed by atoms with E-state index in [0.29, 0.717) is 0 Å². The van der Waals surface area contributed by atoms with Crippen molar-refractivity contribution in [1.29, 1.82) is 0 Å². The van der Waals surface area contributed by atoms with Gasteiger partial charge in [-0.25, -0.2) is 4.79 Å². The standard InChI is InChI=1S/C12H7F13O4/c1-3(8(15,16)17)4(26)28-10(12(23,24)25)7(13,14)5(9(18,19)20)29-6(2,27)11(10,21)22/h5,27H,1H2,2H3. The van der Waals surface area contributed by atoms with Gasteiger partial charge in [0.25, 0.3) is 0 Å². The molecule has 29 heavy (non-hydrogen) atoms. The number of rotatable bonds is 2. The summed E-state index contributed by atoms with van der Waals surface area (Å²) < 4.78 is 178. The zero-order valence-electron chi connectivity index (χ0n) is 13.4. The van der Waals surface area contributed by atoms with E-state index in [1.165, 1.54) is 0 Å². The number of hydrogen-bond donors (Lipinski definition) is 1. The van der Waals surface area contributed by atoms with Crippen LogP contribution in [0.3, 0.4) is 0 Å². The first-order valence-corrected chi connectivity index (χ1v) is 6.66. The summed E-state index contributed by atoms with van der Waals surface area (Å²) in [7, 11) is 0. The van der Waals surface area contributed by atoms with Crippen molar-refractivity contribution in [2.24, 2.45) is 0 Å². The summed E-state index contributed by atoms with van der Waals surface area (Å²) in [6.45, 7) is 1.21. The first-order chi connectivity index (χ1) is 12.4. The van der Waals surface area contributed by atoms with E-state index >= 15 is 0 Å². The van der Waals surface area contributed by atoms with E-state index in [4.69, 9.17) is 0 Å². The van der Waals surface area contributed by atoms with E-state index in [-0.39, 0.29) is 0 Å². The Morgan fingerprint density at radius 3 is 1.72 bits per heavy atom. The average molecular weight is 462 g/mol. The molecule has 4 nitrogen and oxygen atoms in total. The lowest BCUT2D eigenvalue weighted by Crippen LogP contribution is -2.84. The molecule has 170 valence electrons. The molecule has 1 heterocycles. The topological polar surface area (TPSA) is 55.8 Å². The zero-order valence-corrected chi connectivity index (χ0v) is 13.4. The largest absolute Gasteiger partial charge is 0.441 e. The van der Waals surface area contributed by atoms with Crippen LogP contribution >= 0.6 is 0 Å². The van der Waals surface area contributed by atoms with Gasteiger partial charge in [-0.2, -0.15) is 57.1 Å². The van der Waals surface area contributed by atoms with Crippen LogP contribution in [0.5, 0.6) is 0 Å². The van der Waals surface area contributed by atoms with Crippen molar-refractivity contribution < 1.29 is 76.5 Å². The molecule has 0 aromatic heterocycles. The predicted molar refractivity (Wildman–Crippen MR) is 61.5 cm³/mol. The fourth-order valence-corrected chi connectivity index (χ4v) is 2.24. The SMILES string of the molecule is C=C(C(=O)OC1(C(F)(F)F)C(F)(F)C(C(F)(F)F)OC(C)(O)C1(F)F)C(F)(F)F. The molecular formula is C12H7F13O4. The highest BCUT2D eigenvalue weighted by molar-refractivity contribution is 5.89. The summed E-state index contributed by atoms with van der Waals surface area (Å²) in [6, 6.07) is 0. The Hall–Kier alpha value is -1.78. The van der Waals surface area contributed by atoms with E-state index in [1.807, 2.05) is 6.58 Å². The second-order valence-corrected chi connectivity index (χ2v) is 5.76. The molecule has 3 unspecified atom stereocenters. The number of carbonyl (C=O) groups is 1. The lowest BCUT2D eigenvalue weighted by atomic mass is 9.77. The van der Waals surface area contributed by atoms with E-state index in [9.17, 15) is 67.0 Å². The number of esters is 1. The van der Waals surface area contributed by atoms with Crippen LogP contribution in [0, 0.1) is 0 Å². The highest BCUT2D eigenvalue weighted by atomic mass is 19.4. The van der Waals surface area contributed by atoms with E-state index in [0.717, 1.165) is 0 Å². The maximum absolute atomic E-state index is 14.2. The van der Waals surface area contributed by atoms with Crippen molar-refractivity contribution in [3.63, 3.8) is 0 Å². The summed E-state index contributed by atoms with van der Waals surface area (Å²) >= 11 is 0. The van der Waals surface area contributed by atoms with Crippen molar-refractivity contribution in [2.75, 3.05) is 0 Å². The third kappa shape index (κ3) is 3.51. The number of ether oxygens (including phenoxy) is 2. The molecule has 0 spiro atoms. The summed E-state index contributed by atoms with van der Waals surface area (Å²) in [5.41, 5.74) is -9.96. The predicted octanol–water partition coefficient (Wildman–Crippen LogP) is 3.89. The Kier molecular flexibility index (Phi) is 5.54. The molecule has 1 aliphatic heterocycles. The highest BCUT2D eigenvalue weighted by Crippen LogP contribution is 2.64. The van der Waals surface area contributed by atoms with Crippen molar-refractivity contribution in [1.82, 2.24) is 0 Å². The lowest BCUT2D eigenvalue weighted by molar-refractivity contribution is -0.518. The van der Waals surface area contributed by atoms with Gasteiger partial charge in [0, 0.05) is 0 Å². The fraction of sp³-hybridized carbons (Fsp3) is 0.750. The number of hydrogen-bond acceptors (Lipinski definition) is 4. The Balaban J connectivity index is 3.91. The molecule has 1 saturated heterocycles. The first kappa shape index (κ1) is 25.3. The van der Waals surface area contributed by atoms with Crippen LogP contribution in [0.1, 0.15) is 6.92 Å². The van der Waals surface area contributed by atoms with Crippen LogP contribution in [-0.2, 0) is 14.3 Å². The molecule has 0 radical (unpaired) electrons. The minimum absolute atomic E-state index is 0.617. The molecule has 0 aliphatic carbocycles. The summed E-state index contributed by atoms with van der Waals surface area (Å²) in [4.78, 5) is 11.2. The van der Waals surface area contributed by atoms with Gasteiger partial charge in [0.1, 0.15) is 5.57 Å². The molecule has 0 saturated carbocycles. The van der Waals surface area contributed by atoms with E-state index < -0.39 is 66.3 Å². The van der Waals surface area contributed by atoms with Crippen molar-refractivity contribution in [3.8, 4) is 0 Å². The Morgan fingerprint density at radius 2 is 1.41 bits per heavy atom. The second-order valence-electron chi connectivity index (χ2n) is 5.76. The Labute approximate surface area is 150 Å². The van der Waals surface area contributed by atoms with Gasteiger partial charge < -0.3 is 14.6 Å². The zero-order chi connectivity index (χ0) is 23.6. The number of aliphatic hydroxyl groups is 1. The number of carbonyl (C=O) groups excluding carboxylic acids is 1. The summed E-state index contributed by atoms with van der Waals surface area (Å²) in [5, 5.41) is 9.24. The smallest absolute Gasteiger partial charge is 0.432 e. The van der Waals surface area contributed by atoms with E-state index in [1.54, 1.807) is 0 Å². The van der Waals surface area contributed by atoms with Gasteiger partial charge in [-0.1, -0.05) is 6.58 Å². The van der Waals surface area contributed by atoms with Gasteiger partial charge in [0.05, 0.1) is 0 Å². The Morgan fingerprint density at radius 1 is 1.00 bits per heavy atom.